The lowest BCUT2D eigenvalue weighted by Crippen LogP contribution is -1.91. The van der Waals surface area contributed by atoms with Gasteiger partial charge in [-0.2, -0.15) is 0 Å². The smallest absolute Gasteiger partial charge is 0.298 e. The molecule has 0 fully saturated rings. The molecule has 0 atom stereocenters. The molecule has 0 saturated carbocycles. The Morgan fingerprint density at radius 2 is 2.07 bits per heavy atom. The summed E-state index contributed by atoms with van der Waals surface area (Å²) in [6.07, 6.45) is 3.64. The second-order valence-electron chi connectivity index (χ2n) is 2.61. The topological polar surface area (TPSA) is 52.6 Å². The van der Waals surface area contributed by atoms with Gasteiger partial charge in [-0.15, -0.1) is 0 Å². The van der Waals surface area contributed by atoms with Gasteiger partial charge in [0.2, 0.25) is 0 Å². The Morgan fingerprint density at radius 3 is 2.67 bits per heavy atom. The summed E-state index contributed by atoms with van der Waals surface area (Å²) in [5, 5.41) is 0. The number of methoxy groups -OCH3 is 1. The molecule has 1 aromatic carbocycles. The van der Waals surface area contributed by atoms with Gasteiger partial charge in [0.15, 0.2) is 0 Å². The number of aldehydes is 1. The number of ether oxygens (including phenoxy) is 2. The molecule has 0 bridgehead atoms. The van der Waals surface area contributed by atoms with E-state index in [1.807, 2.05) is 0 Å². The van der Waals surface area contributed by atoms with Gasteiger partial charge in [0.25, 0.3) is 6.47 Å². The van der Waals surface area contributed by atoms with E-state index in [0.717, 1.165) is 5.56 Å². The monoisotopic (exact) mass is 206 g/mol. The maximum absolute atomic E-state index is 10.1. The number of allylic oxidation sites excluding steroid dienone is 1. The number of hydrogen-bond donors (Lipinski definition) is 0. The summed E-state index contributed by atoms with van der Waals surface area (Å²) in [5.74, 6) is 0.928. The van der Waals surface area contributed by atoms with Gasteiger partial charge in [-0.3, -0.25) is 9.59 Å². The van der Waals surface area contributed by atoms with Crippen LogP contribution in [0.3, 0.4) is 0 Å². The molecule has 0 amide bonds. The second kappa shape index (κ2) is 5.59. The van der Waals surface area contributed by atoms with Gasteiger partial charge in [0, 0.05) is 11.6 Å². The van der Waals surface area contributed by atoms with Crippen LogP contribution in [-0.2, 0) is 9.59 Å². The van der Waals surface area contributed by atoms with Crippen molar-refractivity contribution in [1.29, 1.82) is 0 Å². The fourth-order valence-corrected chi connectivity index (χ4v) is 1.10. The Kier molecular flexibility index (Phi) is 4.09. The molecule has 15 heavy (non-hydrogen) atoms. The first-order chi connectivity index (χ1) is 7.31. The lowest BCUT2D eigenvalue weighted by Gasteiger charge is -2.06. The minimum atomic E-state index is 0.343. The van der Waals surface area contributed by atoms with Gasteiger partial charge in [-0.1, -0.05) is 0 Å². The van der Waals surface area contributed by atoms with Gasteiger partial charge < -0.3 is 9.47 Å². The molecule has 0 saturated heterocycles. The zero-order chi connectivity index (χ0) is 11.1. The van der Waals surface area contributed by atoms with Crippen LogP contribution in [-0.4, -0.2) is 19.9 Å². The third-order valence-corrected chi connectivity index (χ3v) is 1.74. The van der Waals surface area contributed by atoms with Gasteiger partial charge in [-0.05, 0) is 24.3 Å². The fraction of sp³-hybridized carbons (Fsp3) is 0.0909. The first-order valence-electron chi connectivity index (χ1n) is 4.22. The molecule has 0 aliphatic rings. The quantitative estimate of drug-likeness (QED) is 0.540. The van der Waals surface area contributed by atoms with Gasteiger partial charge in [0.05, 0.1) is 7.11 Å². The summed E-state index contributed by atoms with van der Waals surface area (Å²) in [6.45, 7) is 0.343. The lowest BCUT2D eigenvalue weighted by atomic mass is 10.2. The molecule has 0 radical (unpaired) electrons. The van der Waals surface area contributed by atoms with Crippen LogP contribution in [0.15, 0.2) is 24.3 Å². The van der Waals surface area contributed by atoms with Crippen LogP contribution in [0, 0.1) is 0 Å². The minimum Gasteiger partial charge on any atom is -0.496 e. The molecule has 0 aliphatic carbocycles. The first kappa shape index (κ1) is 11.0. The van der Waals surface area contributed by atoms with Crippen molar-refractivity contribution in [2.75, 3.05) is 7.11 Å². The zero-order valence-electron chi connectivity index (χ0n) is 8.17. The summed E-state index contributed by atoms with van der Waals surface area (Å²) in [7, 11) is 1.50. The predicted molar refractivity (Wildman–Crippen MR) is 54.8 cm³/mol. The molecule has 0 unspecified atom stereocenters. The summed E-state index contributed by atoms with van der Waals surface area (Å²) < 4.78 is 9.72. The fourth-order valence-electron chi connectivity index (χ4n) is 1.10. The van der Waals surface area contributed by atoms with Crippen LogP contribution >= 0.6 is 0 Å². The van der Waals surface area contributed by atoms with Crippen molar-refractivity contribution in [2.45, 2.75) is 0 Å². The molecule has 4 nitrogen and oxygen atoms in total. The highest BCUT2D eigenvalue weighted by atomic mass is 16.5. The molecule has 1 rings (SSSR count). The van der Waals surface area contributed by atoms with Crippen molar-refractivity contribution < 1.29 is 19.1 Å². The maximum atomic E-state index is 10.1. The molecular weight excluding hydrogens is 196 g/mol. The highest BCUT2D eigenvalue weighted by molar-refractivity contribution is 5.75. The third-order valence-electron chi connectivity index (χ3n) is 1.74. The number of carbonyl (C=O) groups excluding carboxylic acids is 2. The van der Waals surface area contributed by atoms with E-state index < -0.39 is 0 Å². The Morgan fingerprint density at radius 1 is 1.27 bits per heavy atom. The molecule has 0 aliphatic heterocycles. The predicted octanol–water partition coefficient (Wildman–Crippen LogP) is 1.44. The molecule has 78 valence electrons. The van der Waals surface area contributed by atoms with E-state index in [9.17, 15) is 9.59 Å². The molecule has 0 heterocycles. The van der Waals surface area contributed by atoms with E-state index in [4.69, 9.17) is 4.74 Å². The van der Waals surface area contributed by atoms with Crippen molar-refractivity contribution in [3.05, 3.63) is 29.8 Å². The zero-order valence-corrected chi connectivity index (χ0v) is 8.17. The second-order valence-corrected chi connectivity index (χ2v) is 2.61. The number of benzene rings is 1. The van der Waals surface area contributed by atoms with Gasteiger partial charge >= 0.3 is 0 Å². The molecule has 0 aromatic heterocycles. The van der Waals surface area contributed by atoms with Crippen LogP contribution in [0.5, 0.6) is 11.5 Å². The van der Waals surface area contributed by atoms with Crippen molar-refractivity contribution in [3.8, 4) is 11.5 Å². The third kappa shape index (κ3) is 2.95. The van der Waals surface area contributed by atoms with E-state index in [1.165, 1.54) is 13.2 Å². The Hall–Kier alpha value is -2.10. The summed E-state index contributed by atoms with van der Waals surface area (Å²) in [6, 6.07) is 4.87. The van der Waals surface area contributed by atoms with Crippen LogP contribution in [0.4, 0.5) is 0 Å². The van der Waals surface area contributed by atoms with E-state index >= 15 is 0 Å². The standard InChI is InChI=1S/C11H10O4/c1-14-11-7-10(15-8-13)5-4-9(11)3-2-6-12/h2-8H,1H3/b3-2-. The van der Waals surface area contributed by atoms with Gasteiger partial charge in [0.1, 0.15) is 17.8 Å². The molecule has 1 aromatic rings. The van der Waals surface area contributed by atoms with Crippen molar-refractivity contribution in [3.63, 3.8) is 0 Å². The average Bonchev–Trinajstić information content (AvgIpc) is 2.27. The SMILES string of the molecule is COc1cc(OC=O)ccc1/C=C\C=O. The van der Waals surface area contributed by atoms with Gasteiger partial charge in [-0.25, -0.2) is 0 Å². The van der Waals surface area contributed by atoms with Crippen LogP contribution in [0.1, 0.15) is 5.56 Å². The van der Waals surface area contributed by atoms with Crippen molar-refractivity contribution >= 4 is 18.8 Å². The normalized spacial score (nSPS) is 9.93. The van der Waals surface area contributed by atoms with E-state index in [2.05, 4.69) is 4.74 Å². The largest absolute Gasteiger partial charge is 0.496 e. The Bertz CT molecular complexity index is 382. The molecule has 0 spiro atoms. The number of rotatable bonds is 5. The van der Waals surface area contributed by atoms with E-state index in [-0.39, 0.29) is 0 Å². The highest BCUT2D eigenvalue weighted by Gasteiger charge is 2.02. The summed E-state index contributed by atoms with van der Waals surface area (Å²) in [5.41, 5.74) is 0.739. The first-order valence-corrected chi connectivity index (χ1v) is 4.22. The summed E-state index contributed by atoms with van der Waals surface area (Å²) in [4.78, 5) is 20.3. The molecular formula is C11H10O4. The Balaban J connectivity index is 3.02. The van der Waals surface area contributed by atoms with Crippen LogP contribution < -0.4 is 9.47 Å². The Labute approximate surface area is 87.1 Å². The summed E-state index contributed by atoms with van der Waals surface area (Å²) >= 11 is 0. The number of hydrogen-bond acceptors (Lipinski definition) is 4. The minimum absolute atomic E-state index is 0.343. The average molecular weight is 206 g/mol. The molecule has 4 heteroatoms. The highest BCUT2D eigenvalue weighted by Crippen LogP contribution is 2.25. The van der Waals surface area contributed by atoms with E-state index in [1.54, 1.807) is 24.3 Å². The molecule has 0 N–H and O–H groups in total. The van der Waals surface area contributed by atoms with Crippen LogP contribution in [0.2, 0.25) is 0 Å². The van der Waals surface area contributed by atoms with Crippen molar-refractivity contribution in [2.24, 2.45) is 0 Å². The van der Waals surface area contributed by atoms with Crippen molar-refractivity contribution in [1.82, 2.24) is 0 Å². The van der Waals surface area contributed by atoms with E-state index in [0.29, 0.717) is 24.3 Å². The van der Waals surface area contributed by atoms with Crippen LogP contribution in [0.25, 0.3) is 6.08 Å². The number of carbonyl (C=O) groups is 2. The lowest BCUT2D eigenvalue weighted by molar-refractivity contribution is -0.120. The maximum Gasteiger partial charge on any atom is 0.298 e.